The monoisotopic (exact) mass is 312 g/mol. The number of aromatic nitrogens is 1. The van der Waals surface area contributed by atoms with E-state index in [1.54, 1.807) is 29.7 Å². The molecule has 1 aliphatic heterocycles. The van der Waals surface area contributed by atoms with E-state index in [-0.39, 0.29) is 4.90 Å². The molecule has 1 unspecified atom stereocenters. The lowest BCUT2D eigenvalue weighted by Gasteiger charge is -2.37. The lowest BCUT2D eigenvalue weighted by molar-refractivity contribution is 0.142. The Hall–Kier alpha value is -1.18. The maximum atomic E-state index is 12.7. The molecule has 1 saturated heterocycles. The number of pyridine rings is 1. The molecule has 7 heteroatoms. The fourth-order valence-electron chi connectivity index (χ4n) is 2.57. The quantitative estimate of drug-likeness (QED) is 0.886. The van der Waals surface area contributed by atoms with Crippen LogP contribution in [0.5, 0.6) is 0 Å². The van der Waals surface area contributed by atoms with Gasteiger partial charge in [0.1, 0.15) is 10.7 Å². The van der Waals surface area contributed by atoms with Gasteiger partial charge in [0, 0.05) is 45.5 Å². The third kappa shape index (κ3) is 3.36. The minimum atomic E-state index is -3.48. The first-order valence-electron chi connectivity index (χ1n) is 7.37. The van der Waals surface area contributed by atoms with Crippen molar-refractivity contribution < 1.29 is 8.42 Å². The molecule has 1 atom stereocenters. The van der Waals surface area contributed by atoms with Gasteiger partial charge in [-0.05, 0) is 25.5 Å². The molecule has 1 aromatic heterocycles. The average Bonchev–Trinajstić information content (AvgIpc) is 2.54. The highest BCUT2D eigenvalue weighted by Gasteiger charge is 2.31. The molecule has 0 saturated carbocycles. The van der Waals surface area contributed by atoms with Crippen molar-refractivity contribution in [2.75, 3.05) is 38.5 Å². The summed E-state index contributed by atoms with van der Waals surface area (Å²) in [7, 11) is -1.80. The van der Waals surface area contributed by atoms with E-state index >= 15 is 0 Å². The average molecular weight is 312 g/mol. The van der Waals surface area contributed by atoms with Gasteiger partial charge in [-0.3, -0.25) is 4.90 Å². The van der Waals surface area contributed by atoms with Gasteiger partial charge in [0.2, 0.25) is 10.0 Å². The number of sulfonamides is 1. The van der Waals surface area contributed by atoms with E-state index in [1.807, 2.05) is 0 Å². The maximum Gasteiger partial charge on any atom is 0.246 e. The van der Waals surface area contributed by atoms with Gasteiger partial charge in [0.05, 0.1) is 0 Å². The van der Waals surface area contributed by atoms with Gasteiger partial charge in [-0.25, -0.2) is 13.4 Å². The Balaban J connectivity index is 2.15. The second kappa shape index (κ2) is 6.72. The van der Waals surface area contributed by atoms with E-state index in [9.17, 15) is 8.42 Å². The molecule has 1 N–H and O–H groups in total. The van der Waals surface area contributed by atoms with Crippen molar-refractivity contribution in [1.29, 1.82) is 0 Å². The lowest BCUT2D eigenvalue weighted by atomic mass is 10.2. The van der Waals surface area contributed by atoms with Crippen LogP contribution in [0.3, 0.4) is 0 Å². The normalized spacial score (nSPS) is 19.4. The summed E-state index contributed by atoms with van der Waals surface area (Å²) in [5.41, 5.74) is 0. The van der Waals surface area contributed by atoms with Crippen molar-refractivity contribution in [2.24, 2.45) is 0 Å². The molecular formula is C14H24N4O2S. The molecule has 0 radical (unpaired) electrons. The zero-order valence-electron chi connectivity index (χ0n) is 12.9. The second-order valence-corrected chi connectivity index (χ2v) is 7.20. The molecule has 2 heterocycles. The molecule has 6 nitrogen and oxygen atoms in total. The van der Waals surface area contributed by atoms with Crippen molar-refractivity contribution in [3.05, 3.63) is 18.3 Å². The standard InChI is InChI=1S/C14H24N4O2S/c1-4-12(2)17-8-10-18(11-9-17)21(19,20)13-6-5-7-16-14(13)15-3/h5-7,12H,4,8-11H2,1-3H3,(H,15,16). The van der Waals surface area contributed by atoms with Crippen LogP contribution >= 0.6 is 0 Å². The fraction of sp³-hybridized carbons (Fsp3) is 0.643. The van der Waals surface area contributed by atoms with E-state index in [2.05, 4.69) is 29.0 Å². The second-order valence-electron chi connectivity index (χ2n) is 5.30. The molecule has 1 aliphatic rings. The van der Waals surface area contributed by atoms with Crippen molar-refractivity contribution in [2.45, 2.75) is 31.2 Å². The van der Waals surface area contributed by atoms with Gasteiger partial charge >= 0.3 is 0 Å². The van der Waals surface area contributed by atoms with Crippen LogP contribution in [0.4, 0.5) is 5.82 Å². The summed E-state index contributed by atoms with van der Waals surface area (Å²) >= 11 is 0. The molecule has 2 rings (SSSR count). The van der Waals surface area contributed by atoms with Crippen LogP contribution in [0.1, 0.15) is 20.3 Å². The summed E-state index contributed by atoms with van der Waals surface area (Å²) in [6.45, 7) is 6.97. The van der Waals surface area contributed by atoms with E-state index in [0.717, 1.165) is 19.5 Å². The van der Waals surface area contributed by atoms with Crippen LogP contribution in [-0.4, -0.2) is 61.9 Å². The summed E-state index contributed by atoms with van der Waals surface area (Å²) in [5, 5.41) is 2.85. The summed E-state index contributed by atoms with van der Waals surface area (Å²) in [6.07, 6.45) is 2.67. The largest absolute Gasteiger partial charge is 0.372 e. The summed E-state index contributed by atoms with van der Waals surface area (Å²) in [6, 6.07) is 3.76. The number of hydrogen-bond acceptors (Lipinski definition) is 5. The smallest absolute Gasteiger partial charge is 0.246 e. The van der Waals surface area contributed by atoms with Crippen molar-refractivity contribution >= 4 is 15.8 Å². The number of rotatable bonds is 5. The van der Waals surface area contributed by atoms with Crippen LogP contribution in [0.25, 0.3) is 0 Å². The molecule has 0 aliphatic carbocycles. The summed E-state index contributed by atoms with van der Waals surface area (Å²) in [5.74, 6) is 0.404. The number of nitrogens with one attached hydrogen (secondary N) is 1. The van der Waals surface area contributed by atoms with Gasteiger partial charge in [0.25, 0.3) is 0 Å². The van der Waals surface area contributed by atoms with Crippen molar-refractivity contribution in [3.63, 3.8) is 0 Å². The van der Waals surface area contributed by atoms with E-state index < -0.39 is 10.0 Å². The highest BCUT2D eigenvalue weighted by Crippen LogP contribution is 2.23. The Labute approximate surface area is 127 Å². The maximum absolute atomic E-state index is 12.7. The van der Waals surface area contributed by atoms with E-state index in [0.29, 0.717) is 24.9 Å². The lowest BCUT2D eigenvalue weighted by Crippen LogP contribution is -2.51. The molecule has 0 spiro atoms. The SMILES string of the molecule is CCC(C)N1CCN(S(=O)(=O)c2cccnc2NC)CC1. The molecule has 21 heavy (non-hydrogen) atoms. The van der Waals surface area contributed by atoms with E-state index in [4.69, 9.17) is 0 Å². The van der Waals surface area contributed by atoms with Gasteiger partial charge in [-0.2, -0.15) is 4.31 Å². The molecular weight excluding hydrogens is 288 g/mol. The molecule has 1 aromatic rings. The van der Waals surface area contributed by atoms with Crippen LogP contribution in [-0.2, 0) is 10.0 Å². The van der Waals surface area contributed by atoms with Crippen molar-refractivity contribution in [3.8, 4) is 0 Å². The Kier molecular flexibility index (Phi) is 5.18. The Bertz CT molecular complexity index is 568. The molecule has 0 amide bonds. The van der Waals surface area contributed by atoms with E-state index in [1.165, 1.54) is 0 Å². The van der Waals surface area contributed by atoms with Gasteiger partial charge in [-0.15, -0.1) is 0 Å². The third-order valence-corrected chi connectivity index (χ3v) is 6.04. The zero-order valence-corrected chi connectivity index (χ0v) is 13.7. The number of nitrogens with zero attached hydrogens (tertiary/aromatic N) is 3. The van der Waals surface area contributed by atoms with Gasteiger partial charge < -0.3 is 5.32 Å². The number of hydrogen-bond donors (Lipinski definition) is 1. The topological polar surface area (TPSA) is 65.5 Å². The first-order chi connectivity index (χ1) is 10.0. The summed E-state index contributed by atoms with van der Waals surface area (Å²) in [4.78, 5) is 6.68. The Morgan fingerprint density at radius 2 is 2.00 bits per heavy atom. The van der Waals surface area contributed by atoms with Crippen LogP contribution in [0, 0.1) is 0 Å². The molecule has 1 fully saturated rings. The van der Waals surface area contributed by atoms with Gasteiger partial charge in [0.15, 0.2) is 0 Å². The zero-order chi connectivity index (χ0) is 15.5. The molecule has 0 aromatic carbocycles. The summed E-state index contributed by atoms with van der Waals surface area (Å²) < 4.78 is 27.0. The van der Waals surface area contributed by atoms with Crippen molar-refractivity contribution in [1.82, 2.24) is 14.2 Å². The minimum Gasteiger partial charge on any atom is -0.372 e. The highest BCUT2D eigenvalue weighted by molar-refractivity contribution is 7.89. The first kappa shape index (κ1) is 16.2. The van der Waals surface area contributed by atoms with Crippen LogP contribution < -0.4 is 5.32 Å². The van der Waals surface area contributed by atoms with Crippen LogP contribution in [0.2, 0.25) is 0 Å². The van der Waals surface area contributed by atoms with Crippen LogP contribution in [0.15, 0.2) is 23.2 Å². The minimum absolute atomic E-state index is 0.254. The predicted molar refractivity (Wildman–Crippen MR) is 83.9 cm³/mol. The first-order valence-corrected chi connectivity index (χ1v) is 8.81. The predicted octanol–water partition coefficient (Wildman–Crippen LogP) is 1.23. The highest BCUT2D eigenvalue weighted by atomic mass is 32.2. The number of piperazine rings is 1. The Morgan fingerprint density at radius 3 is 2.57 bits per heavy atom. The fourth-order valence-corrected chi connectivity index (χ4v) is 4.14. The number of anilines is 1. The Morgan fingerprint density at radius 1 is 1.33 bits per heavy atom. The third-order valence-electron chi connectivity index (χ3n) is 4.11. The molecule has 118 valence electrons. The van der Waals surface area contributed by atoms with Gasteiger partial charge in [-0.1, -0.05) is 6.92 Å². The molecule has 0 bridgehead atoms.